The standard InChI is InChI=1S/C12H14BrNOS2/c1-7(6-13)8(2)14-12(15)11-5-10-9(17-11)3-4-16-10/h3-5,7-8H,6H2,1-2H3,(H,14,15). The molecule has 2 nitrogen and oxygen atoms in total. The minimum absolute atomic E-state index is 0.0405. The molecule has 0 aliphatic heterocycles. The van der Waals surface area contributed by atoms with Crippen molar-refractivity contribution >= 4 is 53.9 Å². The molecule has 0 aliphatic rings. The molecular formula is C12H14BrNOS2. The second kappa shape index (κ2) is 5.50. The monoisotopic (exact) mass is 331 g/mol. The van der Waals surface area contributed by atoms with Gasteiger partial charge in [0.15, 0.2) is 0 Å². The molecule has 2 unspecified atom stereocenters. The third-order valence-corrected chi connectivity index (χ3v) is 5.93. The van der Waals surface area contributed by atoms with Crippen LogP contribution in [0.15, 0.2) is 17.5 Å². The van der Waals surface area contributed by atoms with Crippen molar-refractivity contribution in [2.75, 3.05) is 5.33 Å². The van der Waals surface area contributed by atoms with Crippen molar-refractivity contribution in [3.63, 3.8) is 0 Å². The summed E-state index contributed by atoms with van der Waals surface area (Å²) in [6, 6.07) is 4.22. The van der Waals surface area contributed by atoms with E-state index in [9.17, 15) is 4.79 Å². The fraction of sp³-hybridized carbons (Fsp3) is 0.417. The molecule has 0 saturated carbocycles. The van der Waals surface area contributed by atoms with Crippen molar-refractivity contribution in [3.8, 4) is 0 Å². The second-order valence-corrected chi connectivity index (χ2v) is 6.83. The number of alkyl halides is 1. The molecular weight excluding hydrogens is 318 g/mol. The van der Waals surface area contributed by atoms with Crippen LogP contribution in [0, 0.1) is 5.92 Å². The summed E-state index contributed by atoms with van der Waals surface area (Å²) in [6.45, 7) is 4.16. The number of thiophene rings is 2. The third kappa shape index (κ3) is 2.89. The highest BCUT2D eigenvalue weighted by atomic mass is 79.9. The minimum atomic E-state index is 0.0405. The van der Waals surface area contributed by atoms with E-state index in [1.165, 1.54) is 9.40 Å². The van der Waals surface area contributed by atoms with E-state index >= 15 is 0 Å². The smallest absolute Gasteiger partial charge is 0.261 e. The normalized spacial score (nSPS) is 14.8. The predicted molar refractivity (Wildman–Crippen MR) is 79.6 cm³/mol. The van der Waals surface area contributed by atoms with Gasteiger partial charge in [-0.15, -0.1) is 22.7 Å². The van der Waals surface area contributed by atoms with Gasteiger partial charge in [-0.1, -0.05) is 22.9 Å². The number of fused-ring (bicyclic) bond motifs is 1. The lowest BCUT2D eigenvalue weighted by Crippen LogP contribution is -2.37. The summed E-state index contributed by atoms with van der Waals surface area (Å²) >= 11 is 6.67. The maximum atomic E-state index is 12.0. The Morgan fingerprint density at radius 1 is 1.47 bits per heavy atom. The number of hydrogen-bond donors (Lipinski definition) is 1. The molecule has 1 amide bonds. The largest absolute Gasteiger partial charge is 0.349 e. The van der Waals surface area contributed by atoms with Gasteiger partial charge in [0.1, 0.15) is 0 Å². The zero-order chi connectivity index (χ0) is 12.4. The summed E-state index contributed by atoms with van der Waals surface area (Å²) in [5.74, 6) is 0.471. The molecule has 17 heavy (non-hydrogen) atoms. The summed E-state index contributed by atoms with van der Waals surface area (Å²) < 4.78 is 2.39. The molecule has 2 heterocycles. The van der Waals surface area contributed by atoms with Crippen LogP contribution in [0.5, 0.6) is 0 Å². The van der Waals surface area contributed by atoms with E-state index in [0.29, 0.717) is 5.92 Å². The van der Waals surface area contributed by atoms with E-state index in [-0.39, 0.29) is 11.9 Å². The minimum Gasteiger partial charge on any atom is -0.349 e. The van der Waals surface area contributed by atoms with Crippen LogP contribution in [0.2, 0.25) is 0 Å². The van der Waals surface area contributed by atoms with E-state index in [2.05, 4.69) is 39.6 Å². The van der Waals surface area contributed by atoms with Gasteiger partial charge < -0.3 is 5.32 Å². The number of nitrogens with one attached hydrogen (secondary N) is 1. The van der Waals surface area contributed by atoms with Gasteiger partial charge in [0, 0.05) is 20.8 Å². The van der Waals surface area contributed by atoms with Crippen LogP contribution >= 0.6 is 38.6 Å². The molecule has 2 aromatic heterocycles. The molecule has 2 aromatic rings. The molecule has 5 heteroatoms. The first kappa shape index (κ1) is 13.1. The predicted octanol–water partition coefficient (Wildman–Crippen LogP) is 4.11. The number of hydrogen-bond acceptors (Lipinski definition) is 3. The maximum absolute atomic E-state index is 12.0. The van der Waals surface area contributed by atoms with Crippen molar-refractivity contribution < 1.29 is 4.79 Å². The van der Waals surface area contributed by atoms with Crippen LogP contribution in [0.25, 0.3) is 9.40 Å². The Morgan fingerprint density at radius 2 is 2.24 bits per heavy atom. The zero-order valence-electron chi connectivity index (χ0n) is 9.70. The number of amides is 1. The first-order valence-corrected chi connectivity index (χ1v) is 8.27. The van der Waals surface area contributed by atoms with Gasteiger partial charge in [-0.25, -0.2) is 0 Å². The zero-order valence-corrected chi connectivity index (χ0v) is 12.9. The lowest BCUT2D eigenvalue weighted by molar-refractivity contribution is 0.0935. The summed E-state index contributed by atoms with van der Waals surface area (Å²) in [7, 11) is 0. The highest BCUT2D eigenvalue weighted by Crippen LogP contribution is 2.29. The highest BCUT2D eigenvalue weighted by Gasteiger charge is 2.16. The van der Waals surface area contributed by atoms with E-state index < -0.39 is 0 Å². The second-order valence-electron chi connectivity index (χ2n) is 4.15. The Kier molecular flexibility index (Phi) is 4.22. The average Bonchev–Trinajstić information content (AvgIpc) is 2.87. The van der Waals surface area contributed by atoms with Gasteiger partial charge in [-0.2, -0.15) is 0 Å². The van der Waals surface area contributed by atoms with E-state index in [4.69, 9.17) is 0 Å². The SMILES string of the molecule is CC(CBr)C(C)NC(=O)c1cc2sccc2s1. The maximum Gasteiger partial charge on any atom is 0.261 e. The molecule has 2 rings (SSSR count). The molecule has 0 aliphatic carbocycles. The van der Waals surface area contributed by atoms with E-state index in [0.717, 1.165) is 10.2 Å². The van der Waals surface area contributed by atoms with Crippen molar-refractivity contribution in [1.82, 2.24) is 5.32 Å². The average molecular weight is 332 g/mol. The number of carbonyl (C=O) groups excluding carboxylic acids is 1. The van der Waals surface area contributed by atoms with Crippen LogP contribution in [-0.2, 0) is 0 Å². The van der Waals surface area contributed by atoms with Crippen LogP contribution in [0.1, 0.15) is 23.5 Å². The Bertz CT molecular complexity index is 491. The Labute approximate surface area is 117 Å². The Morgan fingerprint density at radius 3 is 2.88 bits per heavy atom. The molecule has 92 valence electrons. The first-order chi connectivity index (χ1) is 8.11. The quantitative estimate of drug-likeness (QED) is 0.839. The molecule has 0 spiro atoms. The summed E-state index contributed by atoms with van der Waals surface area (Å²) in [5.41, 5.74) is 0. The van der Waals surface area contributed by atoms with Crippen molar-refractivity contribution in [3.05, 3.63) is 22.4 Å². The van der Waals surface area contributed by atoms with Crippen LogP contribution < -0.4 is 5.32 Å². The number of halogens is 1. The van der Waals surface area contributed by atoms with Crippen LogP contribution in [0.4, 0.5) is 0 Å². The van der Waals surface area contributed by atoms with Crippen molar-refractivity contribution in [2.45, 2.75) is 19.9 Å². The molecule has 0 radical (unpaired) electrons. The number of carbonyl (C=O) groups is 1. The van der Waals surface area contributed by atoms with Gasteiger partial charge in [-0.3, -0.25) is 4.79 Å². The van der Waals surface area contributed by atoms with E-state index in [1.54, 1.807) is 22.7 Å². The highest BCUT2D eigenvalue weighted by molar-refractivity contribution is 9.09. The van der Waals surface area contributed by atoms with Crippen molar-refractivity contribution in [2.24, 2.45) is 5.92 Å². The lowest BCUT2D eigenvalue weighted by atomic mass is 10.1. The Hall–Kier alpha value is -0.390. The molecule has 2 atom stereocenters. The number of rotatable bonds is 4. The molecule has 0 aromatic carbocycles. The third-order valence-electron chi connectivity index (χ3n) is 2.82. The lowest BCUT2D eigenvalue weighted by Gasteiger charge is -2.18. The van der Waals surface area contributed by atoms with E-state index in [1.807, 2.05) is 13.0 Å². The summed E-state index contributed by atoms with van der Waals surface area (Å²) in [4.78, 5) is 12.8. The molecule has 1 N–H and O–H groups in total. The van der Waals surface area contributed by atoms with Crippen LogP contribution in [-0.4, -0.2) is 17.3 Å². The van der Waals surface area contributed by atoms with Gasteiger partial charge >= 0.3 is 0 Å². The van der Waals surface area contributed by atoms with Gasteiger partial charge in [-0.05, 0) is 30.4 Å². The van der Waals surface area contributed by atoms with Gasteiger partial charge in [0.2, 0.25) is 0 Å². The Balaban J connectivity index is 2.07. The molecule has 0 fully saturated rings. The topological polar surface area (TPSA) is 29.1 Å². The fourth-order valence-electron chi connectivity index (χ4n) is 1.43. The summed E-state index contributed by atoms with van der Waals surface area (Å²) in [5, 5.41) is 5.99. The molecule has 0 saturated heterocycles. The van der Waals surface area contributed by atoms with Crippen LogP contribution in [0.3, 0.4) is 0 Å². The van der Waals surface area contributed by atoms with Gasteiger partial charge in [0.25, 0.3) is 5.91 Å². The molecule has 0 bridgehead atoms. The van der Waals surface area contributed by atoms with Gasteiger partial charge in [0.05, 0.1) is 4.88 Å². The fourth-order valence-corrected chi connectivity index (χ4v) is 4.00. The first-order valence-electron chi connectivity index (χ1n) is 5.45. The van der Waals surface area contributed by atoms with Crippen molar-refractivity contribution in [1.29, 1.82) is 0 Å². The summed E-state index contributed by atoms with van der Waals surface area (Å²) in [6.07, 6.45) is 0.